The lowest BCUT2D eigenvalue weighted by Gasteiger charge is -2.12. The van der Waals surface area contributed by atoms with Gasteiger partial charge in [0.05, 0.1) is 18.6 Å². The standard InChI is InChI=1S/C12H17NO5S/c1-4-11(12(14)15)19(16,17)7-9-6-10(18-3)5-8(2)13-9/h5-6,11H,4,7H2,1-3H3,(H,14,15). The number of nitrogens with zero attached hydrogens (tertiary/aromatic N) is 1. The number of pyridine rings is 1. The first-order valence-electron chi connectivity index (χ1n) is 5.76. The van der Waals surface area contributed by atoms with Gasteiger partial charge in [0.25, 0.3) is 0 Å². The summed E-state index contributed by atoms with van der Waals surface area (Å²) in [4.78, 5) is 15.0. The van der Waals surface area contributed by atoms with Crippen molar-refractivity contribution < 1.29 is 23.1 Å². The molecule has 1 rings (SSSR count). The molecule has 0 aromatic carbocycles. The summed E-state index contributed by atoms with van der Waals surface area (Å²) in [6, 6.07) is 3.17. The van der Waals surface area contributed by atoms with Gasteiger partial charge in [-0.1, -0.05) is 6.92 Å². The highest BCUT2D eigenvalue weighted by atomic mass is 32.2. The average Bonchev–Trinajstić information content (AvgIpc) is 2.26. The van der Waals surface area contributed by atoms with Crippen LogP contribution in [0, 0.1) is 6.92 Å². The first-order chi connectivity index (χ1) is 8.80. The molecule has 1 N–H and O–H groups in total. The average molecular weight is 287 g/mol. The monoisotopic (exact) mass is 287 g/mol. The van der Waals surface area contributed by atoms with Crippen molar-refractivity contribution in [3.8, 4) is 5.75 Å². The van der Waals surface area contributed by atoms with Crippen molar-refractivity contribution in [2.45, 2.75) is 31.3 Å². The van der Waals surface area contributed by atoms with E-state index >= 15 is 0 Å². The number of rotatable bonds is 6. The van der Waals surface area contributed by atoms with Gasteiger partial charge in [0.1, 0.15) is 5.75 Å². The van der Waals surface area contributed by atoms with Crippen LogP contribution in [-0.2, 0) is 20.4 Å². The number of carbonyl (C=O) groups is 1. The van der Waals surface area contributed by atoms with Crippen molar-refractivity contribution in [1.29, 1.82) is 0 Å². The third-order valence-electron chi connectivity index (χ3n) is 2.64. The molecule has 1 unspecified atom stereocenters. The van der Waals surface area contributed by atoms with Crippen LogP contribution in [0.1, 0.15) is 24.7 Å². The fourth-order valence-corrected chi connectivity index (χ4v) is 3.36. The first-order valence-corrected chi connectivity index (χ1v) is 7.47. The van der Waals surface area contributed by atoms with E-state index in [-0.39, 0.29) is 12.1 Å². The molecule has 7 heteroatoms. The fourth-order valence-electron chi connectivity index (χ4n) is 1.78. The second-order valence-corrected chi connectivity index (χ2v) is 6.37. The van der Waals surface area contributed by atoms with Crippen LogP contribution in [0.5, 0.6) is 5.75 Å². The summed E-state index contributed by atoms with van der Waals surface area (Å²) in [6.45, 7) is 3.24. The Morgan fingerprint density at radius 2 is 2.11 bits per heavy atom. The van der Waals surface area contributed by atoms with Gasteiger partial charge in [-0.05, 0) is 13.3 Å². The Morgan fingerprint density at radius 1 is 1.47 bits per heavy atom. The van der Waals surface area contributed by atoms with Gasteiger partial charge < -0.3 is 9.84 Å². The van der Waals surface area contributed by atoms with Crippen molar-refractivity contribution in [3.05, 3.63) is 23.5 Å². The van der Waals surface area contributed by atoms with Crippen LogP contribution < -0.4 is 4.74 Å². The highest BCUT2D eigenvalue weighted by Gasteiger charge is 2.31. The summed E-state index contributed by atoms with van der Waals surface area (Å²) >= 11 is 0. The number of methoxy groups -OCH3 is 1. The van der Waals surface area contributed by atoms with Crippen molar-refractivity contribution >= 4 is 15.8 Å². The van der Waals surface area contributed by atoms with Crippen LogP contribution in [-0.4, -0.2) is 36.8 Å². The quantitative estimate of drug-likeness (QED) is 0.844. The maximum Gasteiger partial charge on any atom is 0.321 e. The number of hydrogen-bond donors (Lipinski definition) is 1. The second-order valence-electron chi connectivity index (χ2n) is 4.18. The molecule has 1 heterocycles. The fraction of sp³-hybridized carbons (Fsp3) is 0.500. The number of hydrogen-bond acceptors (Lipinski definition) is 5. The van der Waals surface area contributed by atoms with Crippen LogP contribution in [0.25, 0.3) is 0 Å². The number of sulfone groups is 1. The van der Waals surface area contributed by atoms with Gasteiger partial charge in [0, 0.05) is 17.8 Å². The smallest absolute Gasteiger partial charge is 0.321 e. The highest BCUT2D eigenvalue weighted by Crippen LogP contribution is 2.18. The lowest BCUT2D eigenvalue weighted by Crippen LogP contribution is -2.30. The van der Waals surface area contributed by atoms with Crippen molar-refractivity contribution in [2.75, 3.05) is 7.11 Å². The van der Waals surface area contributed by atoms with Crippen LogP contribution in [0.15, 0.2) is 12.1 Å². The Balaban J connectivity index is 3.07. The van der Waals surface area contributed by atoms with E-state index in [0.717, 1.165) is 0 Å². The summed E-state index contributed by atoms with van der Waals surface area (Å²) in [5.41, 5.74) is 0.907. The van der Waals surface area contributed by atoms with E-state index in [0.29, 0.717) is 11.4 Å². The minimum Gasteiger partial charge on any atom is -0.497 e. The molecule has 0 aliphatic carbocycles. The molecule has 0 saturated heterocycles. The zero-order chi connectivity index (χ0) is 14.6. The van der Waals surface area contributed by atoms with Crippen molar-refractivity contribution in [3.63, 3.8) is 0 Å². The number of ether oxygens (including phenoxy) is 1. The van der Waals surface area contributed by atoms with Crippen LogP contribution in [0.4, 0.5) is 0 Å². The molecule has 1 atom stereocenters. The maximum absolute atomic E-state index is 12.0. The molecule has 0 aliphatic rings. The number of carboxylic acids is 1. The SMILES string of the molecule is CCC(C(=O)O)S(=O)(=O)Cc1cc(OC)cc(C)n1. The topological polar surface area (TPSA) is 93.6 Å². The lowest BCUT2D eigenvalue weighted by atomic mass is 10.3. The lowest BCUT2D eigenvalue weighted by molar-refractivity contribution is -0.136. The third-order valence-corrected chi connectivity index (χ3v) is 4.74. The molecule has 0 spiro atoms. The number of carboxylic acid groups (broad SMARTS) is 1. The first kappa shape index (κ1) is 15.4. The maximum atomic E-state index is 12.0. The van der Waals surface area contributed by atoms with E-state index in [1.807, 2.05) is 0 Å². The number of aromatic nitrogens is 1. The van der Waals surface area contributed by atoms with Gasteiger partial charge in [-0.2, -0.15) is 0 Å². The Labute approximate surface area is 112 Å². The molecule has 19 heavy (non-hydrogen) atoms. The van der Waals surface area contributed by atoms with Gasteiger partial charge in [0.2, 0.25) is 0 Å². The summed E-state index contributed by atoms with van der Waals surface area (Å²) < 4.78 is 29.1. The van der Waals surface area contributed by atoms with Crippen LogP contribution >= 0.6 is 0 Å². The molecule has 0 radical (unpaired) electrons. The van der Waals surface area contributed by atoms with E-state index in [9.17, 15) is 13.2 Å². The minimum atomic E-state index is -3.78. The predicted octanol–water partition coefficient (Wildman–Crippen LogP) is 1.18. The molecule has 0 aliphatic heterocycles. The molecular formula is C12H17NO5S. The normalized spacial score (nSPS) is 13.0. The summed E-state index contributed by atoms with van der Waals surface area (Å²) in [7, 11) is -2.31. The van der Waals surface area contributed by atoms with Gasteiger partial charge in [-0.15, -0.1) is 0 Å². The molecule has 0 fully saturated rings. The molecule has 1 aromatic rings. The van der Waals surface area contributed by atoms with Crippen LogP contribution in [0.3, 0.4) is 0 Å². The minimum absolute atomic E-state index is 0.0284. The van der Waals surface area contributed by atoms with E-state index in [4.69, 9.17) is 9.84 Å². The van der Waals surface area contributed by atoms with Crippen molar-refractivity contribution in [2.24, 2.45) is 0 Å². The molecule has 106 valence electrons. The Morgan fingerprint density at radius 3 is 2.58 bits per heavy atom. The second kappa shape index (κ2) is 6.01. The van der Waals surface area contributed by atoms with E-state index in [2.05, 4.69) is 4.98 Å². The molecule has 0 bridgehead atoms. The summed E-state index contributed by atoms with van der Waals surface area (Å²) in [5.74, 6) is -1.24. The Bertz CT molecular complexity index is 567. The summed E-state index contributed by atoms with van der Waals surface area (Å²) in [5, 5.41) is 7.52. The van der Waals surface area contributed by atoms with Crippen LogP contribution in [0.2, 0.25) is 0 Å². The Hall–Kier alpha value is -1.63. The number of aliphatic carboxylic acids is 1. The zero-order valence-electron chi connectivity index (χ0n) is 11.1. The van der Waals surface area contributed by atoms with Gasteiger partial charge in [0.15, 0.2) is 15.1 Å². The molecule has 0 saturated carbocycles. The zero-order valence-corrected chi connectivity index (χ0v) is 11.9. The van der Waals surface area contributed by atoms with E-state index in [1.54, 1.807) is 13.0 Å². The van der Waals surface area contributed by atoms with Gasteiger partial charge in [-0.3, -0.25) is 9.78 Å². The Kier molecular flexibility index (Phi) is 4.88. The number of aryl methyl sites for hydroxylation is 1. The molecule has 1 aromatic heterocycles. The van der Waals surface area contributed by atoms with Gasteiger partial charge in [-0.25, -0.2) is 8.42 Å². The van der Waals surface area contributed by atoms with E-state index < -0.39 is 26.8 Å². The highest BCUT2D eigenvalue weighted by molar-refractivity contribution is 7.92. The van der Waals surface area contributed by atoms with Gasteiger partial charge >= 0.3 is 5.97 Å². The molecular weight excluding hydrogens is 270 g/mol. The van der Waals surface area contributed by atoms with Crippen molar-refractivity contribution in [1.82, 2.24) is 4.98 Å². The molecule has 6 nitrogen and oxygen atoms in total. The predicted molar refractivity (Wildman–Crippen MR) is 69.9 cm³/mol. The largest absolute Gasteiger partial charge is 0.497 e. The third kappa shape index (κ3) is 3.92. The van der Waals surface area contributed by atoms with E-state index in [1.165, 1.54) is 20.1 Å². The molecule has 0 amide bonds. The summed E-state index contributed by atoms with van der Waals surface area (Å²) in [6.07, 6.45) is 0.0284.